The van der Waals surface area contributed by atoms with Crippen LogP contribution in [0.2, 0.25) is 0 Å². The van der Waals surface area contributed by atoms with Crippen molar-refractivity contribution in [3.8, 4) is 0 Å². The van der Waals surface area contributed by atoms with Crippen molar-refractivity contribution in [1.82, 2.24) is 15.2 Å². The van der Waals surface area contributed by atoms with Gasteiger partial charge in [-0.25, -0.2) is 4.98 Å². The first kappa shape index (κ1) is 22.4. The van der Waals surface area contributed by atoms with E-state index in [1.54, 1.807) is 16.5 Å². The van der Waals surface area contributed by atoms with Crippen LogP contribution in [0.3, 0.4) is 0 Å². The number of hydrogen-bond acceptors (Lipinski definition) is 9. The summed E-state index contributed by atoms with van der Waals surface area (Å²) < 4.78 is 0.564. The molecule has 0 aliphatic carbocycles. The molecule has 1 fully saturated rings. The van der Waals surface area contributed by atoms with Gasteiger partial charge < -0.3 is 15.5 Å². The summed E-state index contributed by atoms with van der Waals surface area (Å²) in [4.78, 5) is 42.8. The molecule has 32 heavy (non-hydrogen) atoms. The summed E-state index contributed by atoms with van der Waals surface area (Å²) in [6.07, 6.45) is 1.77. The Balaban J connectivity index is 1.29. The summed E-state index contributed by atoms with van der Waals surface area (Å²) in [7, 11) is 0. The Morgan fingerprint density at radius 3 is 2.78 bits per heavy atom. The number of amides is 3. The van der Waals surface area contributed by atoms with Gasteiger partial charge in [0.1, 0.15) is 0 Å². The average molecular weight is 489 g/mol. The minimum atomic E-state index is -0.465. The first-order valence-corrected chi connectivity index (χ1v) is 12.4. The van der Waals surface area contributed by atoms with Crippen LogP contribution in [0, 0.1) is 19.8 Å². The van der Waals surface area contributed by atoms with Crippen LogP contribution in [0.15, 0.2) is 34.1 Å². The van der Waals surface area contributed by atoms with Crippen molar-refractivity contribution in [2.24, 2.45) is 5.92 Å². The van der Waals surface area contributed by atoms with Crippen molar-refractivity contribution in [2.75, 3.05) is 27.8 Å². The highest BCUT2D eigenvalue weighted by Gasteiger charge is 2.35. The Kier molecular flexibility index (Phi) is 6.82. The summed E-state index contributed by atoms with van der Waals surface area (Å²) in [6.45, 7) is 4.34. The average Bonchev–Trinajstić information content (AvgIpc) is 3.50. The Labute approximate surface area is 196 Å². The highest BCUT2D eigenvalue weighted by atomic mass is 32.2. The minimum Gasteiger partial charge on any atom is -0.312 e. The predicted molar refractivity (Wildman–Crippen MR) is 126 cm³/mol. The van der Waals surface area contributed by atoms with Gasteiger partial charge in [-0.15, -0.1) is 21.5 Å². The molecule has 1 unspecified atom stereocenters. The number of carbonyl (C=O) groups is 3. The lowest BCUT2D eigenvalue weighted by atomic mass is 10.1. The van der Waals surface area contributed by atoms with E-state index in [0.29, 0.717) is 21.1 Å². The van der Waals surface area contributed by atoms with Crippen LogP contribution in [0.25, 0.3) is 0 Å². The number of thioether (sulfide) groups is 1. The Bertz CT molecular complexity index is 1150. The first-order valence-electron chi connectivity index (χ1n) is 9.73. The highest BCUT2D eigenvalue weighted by molar-refractivity contribution is 8.01. The molecule has 2 aromatic heterocycles. The number of aryl methyl sites for hydroxylation is 2. The van der Waals surface area contributed by atoms with Crippen molar-refractivity contribution < 1.29 is 14.4 Å². The number of carbonyl (C=O) groups excluding carboxylic acids is 3. The third kappa shape index (κ3) is 5.31. The zero-order valence-electron chi connectivity index (χ0n) is 17.3. The third-order valence-corrected chi connectivity index (χ3v) is 7.60. The van der Waals surface area contributed by atoms with Crippen LogP contribution < -0.4 is 15.5 Å². The topological polar surface area (TPSA) is 117 Å². The maximum Gasteiger partial charge on any atom is 0.236 e. The largest absolute Gasteiger partial charge is 0.312 e. The van der Waals surface area contributed by atoms with Crippen molar-refractivity contribution in [2.45, 2.75) is 24.6 Å². The number of thiazole rings is 1. The van der Waals surface area contributed by atoms with Gasteiger partial charge in [0.15, 0.2) is 9.47 Å². The van der Waals surface area contributed by atoms with Gasteiger partial charge in [-0.1, -0.05) is 29.2 Å². The van der Waals surface area contributed by atoms with Crippen LogP contribution in [0.5, 0.6) is 0 Å². The van der Waals surface area contributed by atoms with Crippen molar-refractivity contribution >= 4 is 68.1 Å². The van der Waals surface area contributed by atoms with E-state index in [1.807, 2.05) is 32.0 Å². The van der Waals surface area contributed by atoms with E-state index >= 15 is 0 Å². The van der Waals surface area contributed by atoms with Gasteiger partial charge in [-0.3, -0.25) is 14.4 Å². The van der Waals surface area contributed by atoms with Crippen LogP contribution in [0.4, 0.5) is 16.0 Å². The number of benzene rings is 1. The normalized spacial score (nSPS) is 15.8. The Morgan fingerprint density at radius 2 is 2.03 bits per heavy atom. The molecule has 1 aromatic carbocycles. The molecule has 0 spiro atoms. The Morgan fingerprint density at radius 1 is 1.19 bits per heavy atom. The van der Waals surface area contributed by atoms with Gasteiger partial charge in [0.05, 0.1) is 11.7 Å². The lowest BCUT2D eigenvalue weighted by Crippen LogP contribution is -2.28. The molecule has 9 nitrogen and oxygen atoms in total. The maximum atomic E-state index is 12.7. The molecule has 4 rings (SSSR count). The fourth-order valence-electron chi connectivity index (χ4n) is 3.12. The zero-order chi connectivity index (χ0) is 22.7. The summed E-state index contributed by atoms with van der Waals surface area (Å²) >= 11 is 3.76. The van der Waals surface area contributed by atoms with Crippen molar-refractivity contribution in [3.05, 3.63) is 40.9 Å². The second-order valence-corrected chi connectivity index (χ2v) is 10.3. The molecule has 1 aliphatic heterocycles. The maximum absolute atomic E-state index is 12.7. The quantitative estimate of drug-likeness (QED) is 0.387. The van der Waals surface area contributed by atoms with E-state index in [2.05, 4.69) is 25.8 Å². The molecule has 1 saturated heterocycles. The summed E-state index contributed by atoms with van der Waals surface area (Å²) in [5.74, 6) is -0.841. The molecule has 3 heterocycles. The number of nitrogens with one attached hydrogen (secondary N) is 2. The van der Waals surface area contributed by atoms with E-state index < -0.39 is 5.92 Å². The van der Waals surface area contributed by atoms with Crippen LogP contribution in [-0.2, 0) is 14.4 Å². The lowest BCUT2D eigenvalue weighted by molar-refractivity contribution is -0.122. The lowest BCUT2D eigenvalue weighted by Gasteiger charge is -2.17. The molecule has 0 bridgehead atoms. The number of anilines is 3. The summed E-state index contributed by atoms with van der Waals surface area (Å²) in [5, 5.41) is 16.1. The van der Waals surface area contributed by atoms with Gasteiger partial charge in [0.2, 0.25) is 22.9 Å². The van der Waals surface area contributed by atoms with Gasteiger partial charge in [0.25, 0.3) is 0 Å². The molecule has 2 N–H and O–H groups in total. The monoisotopic (exact) mass is 488 g/mol. The third-order valence-electron chi connectivity index (χ3n) is 4.94. The second-order valence-electron chi connectivity index (χ2n) is 7.21. The molecule has 3 aromatic rings. The number of aromatic nitrogens is 3. The summed E-state index contributed by atoms with van der Waals surface area (Å²) in [6, 6.07) is 5.84. The van der Waals surface area contributed by atoms with Gasteiger partial charge >= 0.3 is 0 Å². The summed E-state index contributed by atoms with van der Waals surface area (Å²) in [5.41, 5.74) is 3.06. The van der Waals surface area contributed by atoms with Gasteiger partial charge in [-0.05, 0) is 37.1 Å². The molecule has 1 aliphatic rings. The van der Waals surface area contributed by atoms with Gasteiger partial charge in [-0.2, -0.15) is 0 Å². The number of rotatable bonds is 7. The molecule has 12 heteroatoms. The minimum absolute atomic E-state index is 0.0758. The standard InChI is InChI=1S/C20H20N6O3S3/c1-11-3-4-14(7-12(11)2)26-9-13(8-16(26)28)17(29)23-19-24-25-20(32-19)31-10-15(27)22-18-21-5-6-30-18/h3-7,13H,8-10H2,1-2H3,(H,21,22,27)(H,23,24,29). The second kappa shape index (κ2) is 9.76. The molecule has 166 valence electrons. The highest BCUT2D eigenvalue weighted by Crippen LogP contribution is 2.29. The molecule has 3 amide bonds. The SMILES string of the molecule is Cc1ccc(N2CC(C(=O)Nc3nnc(SCC(=O)Nc4nccs4)s3)CC2=O)cc1C. The van der Waals surface area contributed by atoms with E-state index in [4.69, 9.17) is 0 Å². The van der Waals surface area contributed by atoms with E-state index in [-0.39, 0.29) is 29.9 Å². The molecule has 0 radical (unpaired) electrons. The zero-order valence-corrected chi connectivity index (χ0v) is 19.8. The smallest absolute Gasteiger partial charge is 0.236 e. The molecule has 1 atom stereocenters. The van der Waals surface area contributed by atoms with E-state index in [0.717, 1.165) is 16.8 Å². The molecular weight excluding hydrogens is 468 g/mol. The van der Waals surface area contributed by atoms with Gasteiger partial charge in [0, 0.05) is 30.2 Å². The fourth-order valence-corrected chi connectivity index (χ4v) is 5.22. The number of nitrogens with zero attached hydrogens (tertiary/aromatic N) is 4. The van der Waals surface area contributed by atoms with Crippen LogP contribution in [-0.4, -0.2) is 45.2 Å². The van der Waals surface area contributed by atoms with Crippen molar-refractivity contribution in [3.63, 3.8) is 0 Å². The van der Waals surface area contributed by atoms with E-state index in [9.17, 15) is 14.4 Å². The predicted octanol–water partition coefficient (Wildman–Crippen LogP) is 3.33. The first-order chi connectivity index (χ1) is 15.4. The Hall–Kier alpha value is -2.83. The molecular formula is C20H20N6O3S3. The van der Waals surface area contributed by atoms with Crippen molar-refractivity contribution in [1.29, 1.82) is 0 Å². The van der Waals surface area contributed by atoms with Crippen LogP contribution in [0.1, 0.15) is 17.5 Å². The fraction of sp³-hybridized carbons (Fsp3) is 0.300. The molecule has 0 saturated carbocycles. The van der Waals surface area contributed by atoms with E-state index in [1.165, 1.54) is 34.4 Å². The van der Waals surface area contributed by atoms with Crippen LogP contribution >= 0.6 is 34.4 Å². The number of hydrogen-bond donors (Lipinski definition) is 2.